The van der Waals surface area contributed by atoms with Gasteiger partial charge in [-0.15, -0.1) is 0 Å². The van der Waals surface area contributed by atoms with Crippen molar-refractivity contribution in [2.24, 2.45) is 0 Å². The molecule has 0 aliphatic heterocycles. The van der Waals surface area contributed by atoms with Crippen LogP contribution < -0.4 is 0 Å². The third kappa shape index (κ3) is 5.69. The second-order valence-corrected chi connectivity index (χ2v) is 14.2. The first-order chi connectivity index (χ1) is 25.0. The first kappa shape index (κ1) is 30.8. The predicted octanol–water partition coefficient (Wildman–Crippen LogP) is 14.0. The van der Waals surface area contributed by atoms with Crippen LogP contribution in [0, 0.1) is 0 Å². The van der Waals surface area contributed by atoms with Gasteiger partial charge in [-0.05, 0) is 138 Å². The lowest BCUT2D eigenvalue weighted by atomic mass is 9.80. The molecule has 0 N–H and O–H groups in total. The van der Waals surface area contributed by atoms with E-state index in [1.54, 1.807) is 0 Å². The molecule has 1 aliphatic rings. The van der Waals surface area contributed by atoms with Crippen molar-refractivity contribution in [3.05, 3.63) is 205 Å². The molecule has 51 heavy (non-hydrogen) atoms. The van der Waals surface area contributed by atoms with E-state index < -0.39 is 0 Å². The first-order valence-corrected chi connectivity index (χ1v) is 17.8. The third-order valence-electron chi connectivity index (χ3n) is 10.6. The number of hydrogen-bond donors (Lipinski definition) is 0. The normalized spacial score (nSPS) is 12.7. The van der Waals surface area contributed by atoms with Crippen molar-refractivity contribution >= 4 is 0 Å². The van der Waals surface area contributed by atoms with Gasteiger partial charge in [-0.25, -0.2) is 0 Å². The highest BCUT2D eigenvalue weighted by atomic mass is 14.4. The van der Waals surface area contributed by atoms with Crippen LogP contribution in [-0.4, -0.2) is 0 Å². The molecule has 0 aromatic heterocycles. The lowest BCUT2D eigenvalue weighted by molar-refractivity contribution is 0.661. The largest absolute Gasteiger partial charge is 0.0622 e. The van der Waals surface area contributed by atoms with Gasteiger partial charge in [0.25, 0.3) is 0 Å². The van der Waals surface area contributed by atoms with Crippen LogP contribution >= 0.6 is 0 Å². The lowest BCUT2D eigenvalue weighted by Crippen LogP contribution is -2.15. The second-order valence-electron chi connectivity index (χ2n) is 14.2. The Labute approximate surface area is 301 Å². The molecule has 8 aromatic carbocycles. The minimum atomic E-state index is -0.157. The highest BCUT2D eigenvalue weighted by molar-refractivity contribution is 5.89. The monoisotopic (exact) mass is 650 g/mol. The number of benzene rings is 8. The Hall–Kier alpha value is -6.24. The van der Waals surface area contributed by atoms with E-state index in [1.807, 2.05) is 0 Å². The van der Waals surface area contributed by atoms with Crippen LogP contribution in [-0.2, 0) is 5.41 Å². The maximum atomic E-state index is 2.44. The van der Waals surface area contributed by atoms with Crippen molar-refractivity contribution in [2.75, 3.05) is 0 Å². The molecule has 0 nitrogen and oxygen atoms in total. The fraction of sp³-hybridized carbons (Fsp3) is 0.0588. The topological polar surface area (TPSA) is 0 Å². The van der Waals surface area contributed by atoms with Gasteiger partial charge in [0.1, 0.15) is 0 Å². The molecule has 1 aliphatic carbocycles. The summed E-state index contributed by atoms with van der Waals surface area (Å²) < 4.78 is 0. The second kappa shape index (κ2) is 12.6. The molecule has 0 saturated heterocycles. The fourth-order valence-electron chi connectivity index (χ4n) is 7.87. The summed E-state index contributed by atoms with van der Waals surface area (Å²) in [5.74, 6) is 0. The summed E-state index contributed by atoms with van der Waals surface area (Å²) >= 11 is 0. The molecule has 0 fully saturated rings. The Morgan fingerprint density at radius 1 is 0.235 bits per heavy atom. The molecule has 0 radical (unpaired) electrons. The van der Waals surface area contributed by atoms with Crippen LogP contribution in [0.4, 0.5) is 0 Å². The molecular weight excluding hydrogens is 613 g/mol. The molecule has 9 rings (SSSR count). The predicted molar refractivity (Wildman–Crippen MR) is 217 cm³/mol. The fourth-order valence-corrected chi connectivity index (χ4v) is 7.87. The van der Waals surface area contributed by atoms with Gasteiger partial charge in [0.15, 0.2) is 0 Å². The minimum Gasteiger partial charge on any atom is -0.0622 e. The van der Waals surface area contributed by atoms with E-state index in [2.05, 4.69) is 208 Å². The van der Waals surface area contributed by atoms with Crippen molar-refractivity contribution in [2.45, 2.75) is 19.3 Å². The van der Waals surface area contributed by atoms with E-state index >= 15 is 0 Å². The quantitative estimate of drug-likeness (QED) is 0.168. The van der Waals surface area contributed by atoms with E-state index in [4.69, 9.17) is 0 Å². The van der Waals surface area contributed by atoms with Crippen molar-refractivity contribution in [3.8, 4) is 77.9 Å². The van der Waals surface area contributed by atoms with Crippen LogP contribution in [0.2, 0.25) is 0 Å². The van der Waals surface area contributed by atoms with E-state index in [0.29, 0.717) is 0 Å². The SMILES string of the molecule is CC1(C)c2cc(-c3cc(-c4ccccc4)cc(-c4ccccc4)c3)ccc2-c2ccc(-c3cc(-c4ccccc4)cc(-c4ccccc4)c3)cc21. The summed E-state index contributed by atoms with van der Waals surface area (Å²) in [6.07, 6.45) is 0. The van der Waals surface area contributed by atoms with E-state index in [9.17, 15) is 0 Å². The first-order valence-electron chi connectivity index (χ1n) is 17.8. The average Bonchev–Trinajstić information content (AvgIpc) is 3.43. The van der Waals surface area contributed by atoms with Gasteiger partial charge in [0.2, 0.25) is 0 Å². The van der Waals surface area contributed by atoms with Gasteiger partial charge in [-0.2, -0.15) is 0 Å². The van der Waals surface area contributed by atoms with Crippen LogP contribution in [0.1, 0.15) is 25.0 Å². The Bertz CT molecular complexity index is 2210. The molecule has 0 unspecified atom stereocenters. The van der Waals surface area contributed by atoms with Crippen molar-refractivity contribution in [1.29, 1.82) is 0 Å². The van der Waals surface area contributed by atoms with E-state index in [-0.39, 0.29) is 5.41 Å². The van der Waals surface area contributed by atoms with Gasteiger partial charge in [-0.3, -0.25) is 0 Å². The highest BCUT2D eigenvalue weighted by Crippen LogP contribution is 2.51. The van der Waals surface area contributed by atoms with Gasteiger partial charge in [0.05, 0.1) is 0 Å². The molecule has 0 heteroatoms. The highest BCUT2D eigenvalue weighted by Gasteiger charge is 2.36. The molecule has 0 atom stereocenters. The summed E-state index contributed by atoms with van der Waals surface area (Å²) in [5, 5.41) is 0. The van der Waals surface area contributed by atoms with Gasteiger partial charge in [0, 0.05) is 5.41 Å². The molecular formula is C51H38. The maximum absolute atomic E-state index is 2.44. The summed E-state index contributed by atoms with van der Waals surface area (Å²) in [5.41, 5.74) is 20.0. The third-order valence-corrected chi connectivity index (χ3v) is 10.6. The van der Waals surface area contributed by atoms with Crippen molar-refractivity contribution in [1.82, 2.24) is 0 Å². The summed E-state index contributed by atoms with van der Waals surface area (Å²) in [7, 11) is 0. The summed E-state index contributed by atoms with van der Waals surface area (Å²) in [6.45, 7) is 4.77. The van der Waals surface area contributed by atoms with Gasteiger partial charge in [-0.1, -0.05) is 159 Å². The van der Waals surface area contributed by atoms with E-state index in [1.165, 1.54) is 89.0 Å². The zero-order chi connectivity index (χ0) is 34.4. The standard InChI is InChI=1S/C51H38/c1-51(2)49-33-39(45-29-41(35-15-7-3-8-16-35)27-42(30-45)36-17-9-4-10-18-36)23-25-47(49)48-26-24-40(34-50(48)51)46-31-43(37-19-11-5-12-20-37)28-44(32-46)38-21-13-6-14-22-38/h3-34H,1-2H3. The Morgan fingerprint density at radius 3 is 0.765 bits per heavy atom. The zero-order valence-electron chi connectivity index (χ0n) is 29.0. The number of fused-ring (bicyclic) bond motifs is 3. The number of rotatable bonds is 6. The number of hydrogen-bond acceptors (Lipinski definition) is 0. The Balaban J connectivity index is 1.14. The zero-order valence-corrected chi connectivity index (χ0v) is 29.0. The average molecular weight is 651 g/mol. The van der Waals surface area contributed by atoms with Gasteiger partial charge < -0.3 is 0 Å². The summed E-state index contributed by atoms with van der Waals surface area (Å²) in [6, 6.07) is 71.1. The summed E-state index contributed by atoms with van der Waals surface area (Å²) in [4.78, 5) is 0. The van der Waals surface area contributed by atoms with Crippen molar-refractivity contribution < 1.29 is 0 Å². The molecule has 0 spiro atoms. The van der Waals surface area contributed by atoms with Crippen molar-refractivity contribution in [3.63, 3.8) is 0 Å². The Morgan fingerprint density at radius 2 is 0.490 bits per heavy atom. The minimum absolute atomic E-state index is 0.157. The Kier molecular flexibility index (Phi) is 7.59. The smallest absolute Gasteiger partial charge is 0.0159 e. The molecule has 0 amide bonds. The van der Waals surface area contributed by atoms with Crippen LogP contribution in [0.15, 0.2) is 194 Å². The lowest BCUT2D eigenvalue weighted by Gasteiger charge is -2.23. The molecule has 8 aromatic rings. The molecule has 0 saturated carbocycles. The van der Waals surface area contributed by atoms with Crippen LogP contribution in [0.3, 0.4) is 0 Å². The molecule has 0 bridgehead atoms. The van der Waals surface area contributed by atoms with Crippen LogP contribution in [0.5, 0.6) is 0 Å². The molecule has 242 valence electrons. The maximum Gasteiger partial charge on any atom is 0.0159 e. The van der Waals surface area contributed by atoms with E-state index in [0.717, 1.165) is 0 Å². The van der Waals surface area contributed by atoms with Gasteiger partial charge >= 0.3 is 0 Å². The van der Waals surface area contributed by atoms with Crippen LogP contribution in [0.25, 0.3) is 77.9 Å². The molecule has 0 heterocycles.